The molecule has 142 valence electrons. The molecule has 0 saturated carbocycles. The van der Waals surface area contributed by atoms with Crippen molar-refractivity contribution in [1.29, 1.82) is 0 Å². The van der Waals surface area contributed by atoms with Crippen LogP contribution in [0.3, 0.4) is 0 Å². The molecule has 5 nitrogen and oxygen atoms in total. The average molecular weight is 362 g/mol. The van der Waals surface area contributed by atoms with Gasteiger partial charge in [-0.1, -0.05) is 18.2 Å². The van der Waals surface area contributed by atoms with Gasteiger partial charge in [0.05, 0.1) is 11.7 Å². The summed E-state index contributed by atoms with van der Waals surface area (Å²) in [4.78, 5) is 16.2. The smallest absolute Gasteiger partial charge is 0.248 e. The Balaban J connectivity index is 1.24. The lowest BCUT2D eigenvalue weighted by Crippen LogP contribution is -2.65. The maximum atomic E-state index is 13.8. The summed E-state index contributed by atoms with van der Waals surface area (Å²) in [6, 6.07) is 6.92. The number of benzene rings is 1. The van der Waals surface area contributed by atoms with Gasteiger partial charge in [0.25, 0.3) is 0 Å². The molecule has 1 aromatic carbocycles. The van der Waals surface area contributed by atoms with Crippen molar-refractivity contribution in [3.8, 4) is 0 Å². The molecule has 0 bridgehead atoms. The Hall–Kier alpha value is -1.50. The van der Waals surface area contributed by atoms with Gasteiger partial charge in [-0.05, 0) is 25.3 Å². The van der Waals surface area contributed by atoms with Crippen molar-refractivity contribution >= 4 is 5.91 Å². The van der Waals surface area contributed by atoms with Gasteiger partial charge in [0, 0.05) is 51.3 Å². The van der Waals surface area contributed by atoms with E-state index in [0.717, 1.165) is 57.4 Å². The minimum Gasteiger partial charge on any atom is -0.372 e. The Labute approximate surface area is 154 Å². The highest BCUT2D eigenvalue weighted by molar-refractivity contribution is 5.77. The van der Waals surface area contributed by atoms with E-state index in [0.29, 0.717) is 13.2 Å². The molecule has 26 heavy (non-hydrogen) atoms. The van der Waals surface area contributed by atoms with Crippen LogP contribution in [0, 0.1) is 5.82 Å². The van der Waals surface area contributed by atoms with Crippen molar-refractivity contribution in [3.05, 3.63) is 35.6 Å². The van der Waals surface area contributed by atoms with Crippen LogP contribution >= 0.6 is 0 Å². The second kappa shape index (κ2) is 7.62. The van der Waals surface area contributed by atoms with Gasteiger partial charge in [-0.25, -0.2) is 4.39 Å². The number of amides is 1. The number of carbonyl (C=O) groups is 1. The number of nitrogens with zero attached hydrogens (tertiary/aromatic N) is 2. The molecule has 3 aliphatic rings. The summed E-state index contributed by atoms with van der Waals surface area (Å²) in [5.41, 5.74) is 0.535. The lowest BCUT2D eigenvalue weighted by atomic mass is 9.84. The van der Waals surface area contributed by atoms with Crippen LogP contribution in [-0.2, 0) is 20.8 Å². The van der Waals surface area contributed by atoms with E-state index in [1.165, 1.54) is 6.07 Å². The van der Waals surface area contributed by atoms with Crippen LogP contribution in [-0.4, -0.2) is 66.8 Å². The zero-order valence-corrected chi connectivity index (χ0v) is 15.2. The fraction of sp³-hybridized carbons (Fsp3) is 0.650. The lowest BCUT2D eigenvalue weighted by molar-refractivity contribution is -0.200. The Morgan fingerprint density at radius 2 is 2.04 bits per heavy atom. The van der Waals surface area contributed by atoms with Crippen LogP contribution in [0.25, 0.3) is 0 Å². The third-order valence-electron chi connectivity index (χ3n) is 5.72. The maximum absolute atomic E-state index is 13.8. The minimum atomic E-state index is -0.190. The van der Waals surface area contributed by atoms with Gasteiger partial charge in [0.2, 0.25) is 5.91 Å². The van der Waals surface area contributed by atoms with Gasteiger partial charge >= 0.3 is 0 Å². The second-order valence-corrected chi connectivity index (χ2v) is 7.78. The largest absolute Gasteiger partial charge is 0.372 e. The molecule has 6 heteroatoms. The molecule has 0 N–H and O–H groups in total. The van der Waals surface area contributed by atoms with E-state index >= 15 is 0 Å². The van der Waals surface area contributed by atoms with E-state index in [4.69, 9.17) is 9.47 Å². The summed E-state index contributed by atoms with van der Waals surface area (Å²) in [6.07, 6.45) is 3.93. The number of rotatable bonds is 5. The summed E-state index contributed by atoms with van der Waals surface area (Å²) in [7, 11) is 0. The first-order chi connectivity index (χ1) is 12.6. The van der Waals surface area contributed by atoms with Gasteiger partial charge in [-0.3, -0.25) is 9.69 Å². The third-order valence-corrected chi connectivity index (χ3v) is 5.72. The first kappa shape index (κ1) is 17.9. The van der Waals surface area contributed by atoms with Crippen LogP contribution in [0.5, 0.6) is 0 Å². The quantitative estimate of drug-likeness (QED) is 0.805. The number of ether oxygens (including phenoxy) is 2. The van der Waals surface area contributed by atoms with Gasteiger partial charge < -0.3 is 14.4 Å². The first-order valence-electron chi connectivity index (χ1n) is 9.63. The molecule has 3 aliphatic heterocycles. The second-order valence-electron chi connectivity index (χ2n) is 7.78. The van der Waals surface area contributed by atoms with E-state index in [9.17, 15) is 9.18 Å². The molecule has 0 radical (unpaired) electrons. The number of likely N-dealkylation sites (tertiary alicyclic amines) is 2. The van der Waals surface area contributed by atoms with Crippen LogP contribution in [0.15, 0.2) is 24.3 Å². The normalized spacial score (nSPS) is 25.4. The molecule has 0 unspecified atom stereocenters. The van der Waals surface area contributed by atoms with E-state index in [1.54, 1.807) is 6.07 Å². The Bertz CT molecular complexity index is 642. The Kier molecular flexibility index (Phi) is 5.25. The molecular weight excluding hydrogens is 335 g/mol. The van der Waals surface area contributed by atoms with Crippen LogP contribution in [0.1, 0.15) is 31.2 Å². The van der Waals surface area contributed by atoms with Crippen molar-refractivity contribution in [2.24, 2.45) is 0 Å². The van der Waals surface area contributed by atoms with Gasteiger partial charge in [0.1, 0.15) is 12.4 Å². The summed E-state index contributed by atoms with van der Waals surface area (Å²) >= 11 is 0. The number of hydrogen-bond acceptors (Lipinski definition) is 4. The average Bonchev–Trinajstić information content (AvgIpc) is 3.15. The fourth-order valence-electron chi connectivity index (χ4n) is 4.34. The van der Waals surface area contributed by atoms with Crippen molar-refractivity contribution in [2.45, 2.75) is 43.9 Å². The van der Waals surface area contributed by atoms with Crippen molar-refractivity contribution < 1.29 is 18.7 Å². The molecule has 1 amide bonds. The molecular formula is C20H27FN2O3. The van der Waals surface area contributed by atoms with Crippen molar-refractivity contribution in [3.63, 3.8) is 0 Å². The Morgan fingerprint density at radius 3 is 2.81 bits per heavy atom. The monoisotopic (exact) mass is 362 g/mol. The molecule has 3 fully saturated rings. The van der Waals surface area contributed by atoms with E-state index < -0.39 is 0 Å². The van der Waals surface area contributed by atoms with Crippen LogP contribution in [0.2, 0.25) is 0 Å². The zero-order chi connectivity index (χ0) is 18.0. The van der Waals surface area contributed by atoms with E-state index in [1.807, 2.05) is 17.0 Å². The minimum absolute atomic E-state index is 0.0749. The molecule has 1 spiro atoms. The summed E-state index contributed by atoms with van der Waals surface area (Å²) < 4.78 is 25.7. The third kappa shape index (κ3) is 3.92. The molecule has 1 aromatic rings. The molecule has 1 atom stereocenters. The standard InChI is InChI=1S/C20H27FN2O3/c21-18-6-2-1-5-16(18)12-22-14-20(15-22)11-17(7-10-26-20)25-13-19(24)23-8-3-4-9-23/h1-2,5-6,17H,3-4,7-15H2/t17-/m1/s1. The van der Waals surface area contributed by atoms with Crippen LogP contribution in [0.4, 0.5) is 4.39 Å². The lowest BCUT2D eigenvalue weighted by Gasteiger charge is -2.53. The topological polar surface area (TPSA) is 42.0 Å². The highest BCUT2D eigenvalue weighted by atomic mass is 19.1. The summed E-state index contributed by atoms with van der Waals surface area (Å²) in [5.74, 6) is -0.0440. The van der Waals surface area contributed by atoms with Crippen molar-refractivity contribution in [2.75, 3.05) is 39.4 Å². The summed E-state index contributed by atoms with van der Waals surface area (Å²) in [5, 5.41) is 0. The number of hydrogen-bond donors (Lipinski definition) is 0. The van der Waals surface area contributed by atoms with E-state index in [2.05, 4.69) is 4.90 Å². The molecule has 0 aliphatic carbocycles. The summed E-state index contributed by atoms with van der Waals surface area (Å²) in [6.45, 7) is 4.77. The van der Waals surface area contributed by atoms with Gasteiger partial charge in [-0.2, -0.15) is 0 Å². The molecule has 3 heterocycles. The zero-order valence-electron chi connectivity index (χ0n) is 15.2. The Morgan fingerprint density at radius 1 is 1.27 bits per heavy atom. The van der Waals surface area contributed by atoms with Gasteiger partial charge in [0.15, 0.2) is 0 Å². The van der Waals surface area contributed by atoms with Crippen LogP contribution < -0.4 is 0 Å². The molecule has 4 rings (SSSR count). The SMILES string of the molecule is O=C(CO[C@@H]1CCOC2(C1)CN(Cc1ccccc1F)C2)N1CCCC1. The van der Waals surface area contributed by atoms with Gasteiger partial charge in [-0.15, -0.1) is 0 Å². The molecule has 0 aromatic heterocycles. The number of carbonyl (C=O) groups excluding carboxylic acids is 1. The molecule has 3 saturated heterocycles. The first-order valence-corrected chi connectivity index (χ1v) is 9.63. The van der Waals surface area contributed by atoms with Crippen molar-refractivity contribution in [1.82, 2.24) is 9.80 Å². The van der Waals surface area contributed by atoms with E-state index in [-0.39, 0.29) is 30.0 Å². The highest BCUT2D eigenvalue weighted by Crippen LogP contribution is 2.36. The number of halogens is 1. The highest BCUT2D eigenvalue weighted by Gasteiger charge is 2.47. The predicted octanol–water partition coefficient (Wildman–Crippen LogP) is 2.20. The fourth-order valence-corrected chi connectivity index (χ4v) is 4.34. The maximum Gasteiger partial charge on any atom is 0.248 e. The predicted molar refractivity (Wildman–Crippen MR) is 95.1 cm³/mol.